The fourth-order valence-electron chi connectivity index (χ4n) is 2.15. The molecular formula is C19H13ClO3S2. The van der Waals surface area contributed by atoms with Crippen LogP contribution in [0.1, 0.15) is 20.1 Å². The van der Waals surface area contributed by atoms with Gasteiger partial charge in [0, 0.05) is 15.3 Å². The number of Topliss-reactive ketones (excluding diaryl/α,β-unsaturated/α-hetero) is 1. The summed E-state index contributed by atoms with van der Waals surface area (Å²) in [6, 6.07) is 14.2. The Morgan fingerprint density at radius 2 is 1.76 bits per heavy atom. The maximum absolute atomic E-state index is 12.5. The van der Waals surface area contributed by atoms with Gasteiger partial charge in [-0.2, -0.15) is 0 Å². The Bertz CT molecular complexity index is 897. The van der Waals surface area contributed by atoms with E-state index in [0.717, 1.165) is 9.75 Å². The van der Waals surface area contributed by atoms with Crippen LogP contribution in [0.5, 0.6) is 0 Å². The summed E-state index contributed by atoms with van der Waals surface area (Å²) < 4.78 is 5.24. The Kier molecular flexibility index (Phi) is 5.81. The Labute approximate surface area is 158 Å². The standard InChI is InChI=1S/C19H13ClO3S2/c20-16-7-2-1-6-14(16)17(21)12-23-19(22)15(18-8-4-10-25-18)11-13-5-3-9-24-13/h1-11H,12H2/b15-11+. The van der Waals surface area contributed by atoms with Gasteiger partial charge < -0.3 is 4.74 Å². The number of benzene rings is 1. The van der Waals surface area contributed by atoms with Gasteiger partial charge in [-0.15, -0.1) is 22.7 Å². The molecule has 0 unspecified atom stereocenters. The third kappa shape index (κ3) is 4.45. The summed E-state index contributed by atoms with van der Waals surface area (Å²) in [5, 5.41) is 4.17. The zero-order valence-electron chi connectivity index (χ0n) is 13.0. The fraction of sp³-hybridized carbons (Fsp3) is 0.0526. The van der Waals surface area contributed by atoms with Crippen molar-refractivity contribution in [3.63, 3.8) is 0 Å². The molecule has 2 heterocycles. The zero-order chi connectivity index (χ0) is 17.6. The Hall–Kier alpha value is -2.21. The molecule has 1 aromatic carbocycles. The van der Waals surface area contributed by atoms with Gasteiger partial charge in [-0.1, -0.05) is 35.9 Å². The van der Waals surface area contributed by atoms with Crippen LogP contribution in [0.4, 0.5) is 0 Å². The minimum atomic E-state index is -0.531. The van der Waals surface area contributed by atoms with Gasteiger partial charge in [-0.25, -0.2) is 4.79 Å². The molecule has 0 spiro atoms. The van der Waals surface area contributed by atoms with E-state index >= 15 is 0 Å². The van der Waals surface area contributed by atoms with Gasteiger partial charge in [0.05, 0.1) is 10.6 Å². The van der Waals surface area contributed by atoms with E-state index < -0.39 is 5.97 Å². The van der Waals surface area contributed by atoms with Crippen LogP contribution in [0.3, 0.4) is 0 Å². The lowest BCUT2D eigenvalue weighted by Gasteiger charge is -2.07. The highest BCUT2D eigenvalue weighted by Crippen LogP contribution is 2.26. The first kappa shape index (κ1) is 17.6. The van der Waals surface area contributed by atoms with Gasteiger partial charge in [-0.3, -0.25) is 4.79 Å². The highest BCUT2D eigenvalue weighted by atomic mass is 35.5. The second-order valence-corrected chi connectivity index (χ2v) is 7.36. The molecule has 0 aliphatic rings. The summed E-state index contributed by atoms with van der Waals surface area (Å²) in [5.41, 5.74) is 0.779. The van der Waals surface area contributed by atoms with E-state index in [2.05, 4.69) is 0 Å². The summed E-state index contributed by atoms with van der Waals surface area (Å²) in [5.74, 6) is -0.864. The minimum Gasteiger partial charge on any atom is -0.454 e. The zero-order valence-corrected chi connectivity index (χ0v) is 15.4. The summed E-state index contributed by atoms with van der Waals surface area (Å²) in [6.07, 6.45) is 1.78. The van der Waals surface area contributed by atoms with E-state index in [9.17, 15) is 9.59 Å². The van der Waals surface area contributed by atoms with Gasteiger partial charge in [0.2, 0.25) is 5.78 Å². The second-order valence-electron chi connectivity index (χ2n) is 5.03. The van der Waals surface area contributed by atoms with Crippen LogP contribution in [-0.4, -0.2) is 18.4 Å². The van der Waals surface area contributed by atoms with Gasteiger partial charge in [0.15, 0.2) is 6.61 Å². The van der Waals surface area contributed by atoms with Gasteiger partial charge >= 0.3 is 5.97 Å². The van der Waals surface area contributed by atoms with E-state index in [4.69, 9.17) is 16.3 Å². The van der Waals surface area contributed by atoms with Crippen LogP contribution in [0.15, 0.2) is 59.3 Å². The van der Waals surface area contributed by atoms with Crippen molar-refractivity contribution in [2.75, 3.05) is 6.61 Å². The lowest BCUT2D eigenvalue weighted by Crippen LogP contribution is -2.15. The van der Waals surface area contributed by atoms with Crippen LogP contribution < -0.4 is 0 Å². The smallest absolute Gasteiger partial charge is 0.340 e. The molecule has 3 rings (SSSR count). The van der Waals surface area contributed by atoms with Crippen molar-refractivity contribution in [3.05, 3.63) is 79.6 Å². The number of halogens is 1. The van der Waals surface area contributed by atoms with Crippen molar-refractivity contribution in [2.24, 2.45) is 0 Å². The van der Waals surface area contributed by atoms with E-state index in [1.807, 2.05) is 35.0 Å². The van der Waals surface area contributed by atoms with Crippen molar-refractivity contribution in [2.45, 2.75) is 0 Å². The highest BCUT2D eigenvalue weighted by molar-refractivity contribution is 7.12. The third-order valence-electron chi connectivity index (χ3n) is 3.34. The van der Waals surface area contributed by atoms with Crippen molar-refractivity contribution >= 4 is 57.7 Å². The normalized spacial score (nSPS) is 11.3. The number of hydrogen-bond donors (Lipinski definition) is 0. The summed E-state index contributed by atoms with van der Waals surface area (Å²) in [4.78, 5) is 26.5. The molecular weight excluding hydrogens is 376 g/mol. The topological polar surface area (TPSA) is 43.4 Å². The third-order valence-corrected chi connectivity index (χ3v) is 5.40. The molecule has 0 saturated heterocycles. The lowest BCUT2D eigenvalue weighted by atomic mass is 10.1. The first-order valence-corrected chi connectivity index (χ1v) is 9.53. The monoisotopic (exact) mass is 388 g/mol. The molecule has 2 aromatic heterocycles. The largest absolute Gasteiger partial charge is 0.454 e. The second kappa shape index (κ2) is 8.25. The van der Waals surface area contributed by atoms with Crippen LogP contribution >= 0.6 is 34.3 Å². The number of carbonyl (C=O) groups excluding carboxylic acids is 2. The quantitative estimate of drug-likeness (QED) is 0.321. The fourth-order valence-corrected chi connectivity index (χ4v) is 3.78. The Morgan fingerprint density at radius 3 is 2.44 bits per heavy atom. The number of ketones is 1. The number of carbonyl (C=O) groups is 2. The van der Waals surface area contributed by atoms with Crippen LogP contribution in [0.25, 0.3) is 11.6 Å². The number of esters is 1. The maximum atomic E-state index is 12.5. The molecule has 0 aliphatic heterocycles. The van der Waals surface area contributed by atoms with Crippen molar-refractivity contribution in [3.8, 4) is 0 Å². The first-order chi connectivity index (χ1) is 12.1. The summed E-state index contributed by atoms with van der Waals surface area (Å²) >= 11 is 8.97. The van der Waals surface area contributed by atoms with Gasteiger partial charge in [0.25, 0.3) is 0 Å². The highest BCUT2D eigenvalue weighted by Gasteiger charge is 2.18. The molecule has 25 heavy (non-hydrogen) atoms. The summed E-state index contributed by atoms with van der Waals surface area (Å²) in [7, 11) is 0. The van der Waals surface area contributed by atoms with Gasteiger partial charge in [0.1, 0.15) is 0 Å². The van der Waals surface area contributed by atoms with Crippen LogP contribution in [0, 0.1) is 0 Å². The SMILES string of the molecule is O=C(OCC(=O)c1ccccc1Cl)/C(=C/c1cccs1)c1cccs1. The van der Waals surface area contributed by atoms with E-state index in [0.29, 0.717) is 16.2 Å². The predicted octanol–water partition coefficient (Wildman–Crippen LogP) is 5.43. The molecule has 0 aliphatic carbocycles. The molecule has 126 valence electrons. The molecule has 0 N–H and O–H groups in total. The minimum absolute atomic E-state index is 0.333. The van der Waals surface area contributed by atoms with E-state index in [1.165, 1.54) is 22.7 Å². The van der Waals surface area contributed by atoms with Gasteiger partial charge in [-0.05, 0) is 41.1 Å². The van der Waals surface area contributed by atoms with E-state index in [-0.39, 0.29) is 12.4 Å². The Balaban J connectivity index is 1.75. The average molecular weight is 389 g/mol. The van der Waals surface area contributed by atoms with Crippen molar-refractivity contribution in [1.82, 2.24) is 0 Å². The average Bonchev–Trinajstić information content (AvgIpc) is 3.31. The van der Waals surface area contributed by atoms with Crippen LogP contribution in [-0.2, 0) is 9.53 Å². The molecule has 6 heteroatoms. The number of rotatable bonds is 6. The maximum Gasteiger partial charge on any atom is 0.340 e. The molecule has 0 saturated carbocycles. The van der Waals surface area contributed by atoms with Crippen molar-refractivity contribution < 1.29 is 14.3 Å². The van der Waals surface area contributed by atoms with E-state index in [1.54, 1.807) is 30.3 Å². The molecule has 3 aromatic rings. The van der Waals surface area contributed by atoms with Crippen molar-refractivity contribution in [1.29, 1.82) is 0 Å². The summed E-state index contributed by atoms with van der Waals surface area (Å²) in [6.45, 7) is -0.351. The molecule has 0 amide bonds. The molecule has 0 fully saturated rings. The first-order valence-electron chi connectivity index (χ1n) is 7.39. The molecule has 0 bridgehead atoms. The lowest BCUT2D eigenvalue weighted by molar-refractivity contribution is -0.135. The number of thiophene rings is 2. The molecule has 3 nitrogen and oxygen atoms in total. The number of hydrogen-bond acceptors (Lipinski definition) is 5. The predicted molar refractivity (Wildman–Crippen MR) is 103 cm³/mol. The van der Waals surface area contributed by atoms with Crippen LogP contribution in [0.2, 0.25) is 5.02 Å². The molecule has 0 radical (unpaired) electrons. The number of ether oxygens (including phenoxy) is 1. The Morgan fingerprint density at radius 1 is 1.00 bits per heavy atom. The molecule has 0 atom stereocenters.